The molecule has 1 heterocycles. The molecule has 0 spiro atoms. The number of fused-ring (bicyclic) bond motifs is 1. The normalized spacial score (nSPS) is 11.0. The van der Waals surface area contributed by atoms with E-state index in [2.05, 4.69) is 20.9 Å². The number of rotatable bonds is 2. The second kappa shape index (κ2) is 5.04. The van der Waals surface area contributed by atoms with E-state index in [1.165, 1.54) is 6.07 Å². The number of methoxy groups -OCH3 is 1. The van der Waals surface area contributed by atoms with Gasteiger partial charge in [-0.15, -0.1) is 0 Å². The van der Waals surface area contributed by atoms with Crippen molar-refractivity contribution in [3.05, 3.63) is 46.2 Å². The summed E-state index contributed by atoms with van der Waals surface area (Å²) in [6, 6.07) is 8.73. The number of aryl methyl sites for hydroxylation is 1. The van der Waals surface area contributed by atoms with E-state index in [0.29, 0.717) is 22.8 Å². The van der Waals surface area contributed by atoms with Crippen LogP contribution in [0.15, 0.2) is 34.8 Å². The zero-order valence-corrected chi connectivity index (χ0v) is 13.1. The lowest BCUT2D eigenvalue weighted by Crippen LogP contribution is -2.01. The van der Waals surface area contributed by atoms with Crippen LogP contribution in [0.3, 0.4) is 0 Å². The number of nitrogens with zero attached hydrogens (tertiary/aromatic N) is 2. The molecule has 0 saturated carbocycles. The van der Waals surface area contributed by atoms with E-state index >= 15 is 0 Å². The maximum absolute atomic E-state index is 13.7. The SMILES string of the molecule is COc1cc(Br)cc(-n2c(N)nc3cc(F)c(C)cc32)c1. The fraction of sp³-hybridized carbons (Fsp3) is 0.133. The Balaban J connectivity index is 2.31. The van der Waals surface area contributed by atoms with Gasteiger partial charge in [-0.05, 0) is 30.7 Å². The van der Waals surface area contributed by atoms with Crippen molar-refractivity contribution in [2.24, 2.45) is 0 Å². The molecule has 6 heteroatoms. The molecule has 0 fully saturated rings. The third-order valence-electron chi connectivity index (χ3n) is 3.31. The topological polar surface area (TPSA) is 53.1 Å². The smallest absolute Gasteiger partial charge is 0.205 e. The van der Waals surface area contributed by atoms with Crippen molar-refractivity contribution < 1.29 is 9.13 Å². The first-order valence-electron chi connectivity index (χ1n) is 6.28. The highest BCUT2D eigenvalue weighted by atomic mass is 79.9. The van der Waals surface area contributed by atoms with E-state index in [1.54, 1.807) is 24.7 Å². The monoisotopic (exact) mass is 349 g/mol. The van der Waals surface area contributed by atoms with Crippen LogP contribution in [0.25, 0.3) is 16.7 Å². The number of hydrogen-bond acceptors (Lipinski definition) is 3. The fourth-order valence-electron chi connectivity index (χ4n) is 2.29. The number of ether oxygens (including phenoxy) is 1. The number of nitrogen functional groups attached to an aromatic ring is 1. The van der Waals surface area contributed by atoms with Crippen LogP contribution in [0.2, 0.25) is 0 Å². The van der Waals surface area contributed by atoms with Crippen LogP contribution < -0.4 is 10.5 Å². The Morgan fingerprint density at radius 3 is 2.71 bits per heavy atom. The van der Waals surface area contributed by atoms with E-state index in [4.69, 9.17) is 10.5 Å². The molecular weight excluding hydrogens is 337 g/mol. The summed E-state index contributed by atoms with van der Waals surface area (Å²) in [4.78, 5) is 4.22. The van der Waals surface area contributed by atoms with Crippen molar-refractivity contribution >= 4 is 32.9 Å². The third-order valence-corrected chi connectivity index (χ3v) is 3.77. The van der Waals surface area contributed by atoms with Gasteiger partial charge in [-0.2, -0.15) is 0 Å². The van der Waals surface area contributed by atoms with Gasteiger partial charge < -0.3 is 10.5 Å². The molecule has 1 aromatic heterocycles. The summed E-state index contributed by atoms with van der Waals surface area (Å²) in [6.07, 6.45) is 0. The van der Waals surface area contributed by atoms with Crippen molar-refractivity contribution in [1.82, 2.24) is 9.55 Å². The third kappa shape index (κ3) is 2.35. The second-order valence-electron chi connectivity index (χ2n) is 4.74. The lowest BCUT2D eigenvalue weighted by Gasteiger charge is -2.10. The molecule has 0 atom stereocenters. The van der Waals surface area contributed by atoms with Crippen LogP contribution in [0.4, 0.5) is 10.3 Å². The molecule has 0 aliphatic carbocycles. The van der Waals surface area contributed by atoms with Crippen molar-refractivity contribution in [1.29, 1.82) is 0 Å². The van der Waals surface area contributed by atoms with Gasteiger partial charge in [-0.25, -0.2) is 9.37 Å². The van der Waals surface area contributed by atoms with Crippen LogP contribution in [-0.4, -0.2) is 16.7 Å². The number of imidazole rings is 1. The van der Waals surface area contributed by atoms with Crippen molar-refractivity contribution in [2.45, 2.75) is 6.92 Å². The summed E-state index contributed by atoms with van der Waals surface area (Å²) in [7, 11) is 1.60. The summed E-state index contributed by atoms with van der Waals surface area (Å²) in [5.41, 5.74) is 8.62. The van der Waals surface area contributed by atoms with Gasteiger partial charge in [-0.1, -0.05) is 15.9 Å². The number of anilines is 1. The lowest BCUT2D eigenvalue weighted by molar-refractivity contribution is 0.414. The van der Waals surface area contributed by atoms with Gasteiger partial charge in [0.2, 0.25) is 5.95 Å². The average molecular weight is 350 g/mol. The molecule has 0 bridgehead atoms. The standard InChI is InChI=1S/C15H13BrFN3O/c1-8-3-14-13(7-12(8)17)19-15(18)20(14)10-4-9(16)5-11(6-10)21-2/h3-7H,1-2H3,(H2,18,19). The molecule has 21 heavy (non-hydrogen) atoms. The first kappa shape index (κ1) is 13.9. The summed E-state index contributed by atoms with van der Waals surface area (Å²) in [5, 5.41) is 0. The highest BCUT2D eigenvalue weighted by Gasteiger charge is 2.13. The predicted molar refractivity (Wildman–Crippen MR) is 84.4 cm³/mol. The largest absolute Gasteiger partial charge is 0.497 e. The summed E-state index contributed by atoms with van der Waals surface area (Å²) in [5.74, 6) is 0.702. The van der Waals surface area contributed by atoms with Gasteiger partial charge in [0.25, 0.3) is 0 Å². The Labute approximate surface area is 129 Å². The van der Waals surface area contributed by atoms with E-state index in [9.17, 15) is 4.39 Å². The Hall–Kier alpha value is -2.08. The summed E-state index contributed by atoms with van der Waals surface area (Å²) < 4.78 is 21.6. The molecule has 0 aliphatic rings. The van der Waals surface area contributed by atoms with Crippen molar-refractivity contribution in [2.75, 3.05) is 12.8 Å². The molecule has 0 radical (unpaired) electrons. The molecule has 0 aliphatic heterocycles. The number of halogens is 2. The van der Waals surface area contributed by atoms with Gasteiger partial charge in [-0.3, -0.25) is 4.57 Å². The fourth-order valence-corrected chi connectivity index (χ4v) is 2.75. The number of hydrogen-bond donors (Lipinski definition) is 1. The summed E-state index contributed by atoms with van der Waals surface area (Å²) >= 11 is 3.44. The lowest BCUT2D eigenvalue weighted by atomic mass is 10.2. The zero-order valence-electron chi connectivity index (χ0n) is 11.5. The molecule has 2 aromatic carbocycles. The quantitative estimate of drug-likeness (QED) is 0.764. The van der Waals surface area contributed by atoms with Crippen LogP contribution in [-0.2, 0) is 0 Å². The molecule has 0 amide bonds. The van der Waals surface area contributed by atoms with E-state index in [-0.39, 0.29) is 5.82 Å². The van der Waals surface area contributed by atoms with Crippen LogP contribution in [0, 0.1) is 12.7 Å². The zero-order chi connectivity index (χ0) is 15.1. The van der Waals surface area contributed by atoms with Crippen LogP contribution in [0.1, 0.15) is 5.56 Å². The van der Waals surface area contributed by atoms with Crippen LogP contribution in [0.5, 0.6) is 5.75 Å². The molecule has 0 saturated heterocycles. The van der Waals surface area contributed by atoms with E-state index in [1.807, 2.05) is 18.2 Å². The highest BCUT2D eigenvalue weighted by Crippen LogP contribution is 2.29. The average Bonchev–Trinajstić information content (AvgIpc) is 2.74. The highest BCUT2D eigenvalue weighted by molar-refractivity contribution is 9.10. The van der Waals surface area contributed by atoms with Crippen molar-refractivity contribution in [3.8, 4) is 11.4 Å². The van der Waals surface area contributed by atoms with Crippen LogP contribution >= 0.6 is 15.9 Å². The number of aromatic nitrogens is 2. The first-order chi connectivity index (χ1) is 9.99. The van der Waals surface area contributed by atoms with Gasteiger partial charge in [0.05, 0.1) is 23.8 Å². The number of benzene rings is 2. The Bertz CT molecular complexity index is 845. The minimum Gasteiger partial charge on any atom is -0.497 e. The molecule has 108 valence electrons. The maximum Gasteiger partial charge on any atom is 0.205 e. The Morgan fingerprint density at radius 1 is 1.24 bits per heavy atom. The number of nitrogens with two attached hydrogens (primary N) is 1. The molecule has 2 N–H and O–H groups in total. The minimum atomic E-state index is -0.293. The maximum atomic E-state index is 13.7. The minimum absolute atomic E-state index is 0.293. The molecule has 3 aromatic rings. The first-order valence-corrected chi connectivity index (χ1v) is 7.08. The van der Waals surface area contributed by atoms with Gasteiger partial charge >= 0.3 is 0 Å². The predicted octanol–water partition coefficient (Wildman–Crippen LogP) is 3.83. The summed E-state index contributed by atoms with van der Waals surface area (Å²) in [6.45, 7) is 1.71. The molecule has 4 nitrogen and oxygen atoms in total. The molecule has 3 rings (SSSR count). The van der Waals surface area contributed by atoms with E-state index in [0.717, 1.165) is 15.7 Å². The Morgan fingerprint density at radius 2 is 2.00 bits per heavy atom. The van der Waals surface area contributed by atoms with Gasteiger partial charge in [0.1, 0.15) is 11.6 Å². The Kier molecular flexibility index (Phi) is 3.33. The van der Waals surface area contributed by atoms with Gasteiger partial charge in [0.15, 0.2) is 0 Å². The molecule has 0 unspecified atom stereocenters. The molecular formula is C15H13BrFN3O. The van der Waals surface area contributed by atoms with Crippen molar-refractivity contribution in [3.63, 3.8) is 0 Å². The van der Waals surface area contributed by atoms with Gasteiger partial charge in [0, 0.05) is 16.6 Å². The second-order valence-corrected chi connectivity index (χ2v) is 5.66. The van der Waals surface area contributed by atoms with E-state index < -0.39 is 0 Å².